The number of hydrogen-bond acceptors (Lipinski definition) is 4. The van der Waals surface area contributed by atoms with Crippen molar-refractivity contribution in [3.8, 4) is 0 Å². The normalized spacial score (nSPS) is 32.2. The molecule has 0 amide bonds. The van der Waals surface area contributed by atoms with Gasteiger partial charge in [-0.1, -0.05) is 17.7 Å². The van der Waals surface area contributed by atoms with E-state index in [0.717, 1.165) is 12.5 Å². The van der Waals surface area contributed by atoms with Crippen LogP contribution in [-0.2, 0) is 14.6 Å². The van der Waals surface area contributed by atoms with Gasteiger partial charge in [0.2, 0.25) is 0 Å². The molecule has 0 saturated carbocycles. The summed E-state index contributed by atoms with van der Waals surface area (Å²) in [5.74, 6) is -3.19. The maximum atomic E-state index is 14.5. The van der Waals surface area contributed by atoms with Gasteiger partial charge in [-0.15, -0.1) is 0 Å². The Morgan fingerprint density at radius 2 is 1.78 bits per heavy atom. The first-order valence-electron chi connectivity index (χ1n) is 6.78. The lowest BCUT2D eigenvalue weighted by Gasteiger charge is -2.30. The van der Waals surface area contributed by atoms with E-state index >= 15 is 0 Å². The van der Waals surface area contributed by atoms with Crippen molar-refractivity contribution < 1.29 is 35.8 Å². The van der Waals surface area contributed by atoms with Gasteiger partial charge in [0.25, 0.3) is 5.67 Å². The maximum absolute atomic E-state index is 14.5. The molecule has 23 heavy (non-hydrogen) atoms. The molecule has 4 nitrogen and oxygen atoms in total. The molecule has 1 aliphatic heterocycles. The zero-order chi connectivity index (χ0) is 17.6. The van der Waals surface area contributed by atoms with Crippen LogP contribution >= 0.6 is 0 Å². The molecule has 130 valence electrons. The molecule has 0 aliphatic carbocycles. The van der Waals surface area contributed by atoms with Gasteiger partial charge >= 0.3 is 6.18 Å². The lowest BCUT2D eigenvalue weighted by Crippen LogP contribution is -2.54. The Kier molecular flexibility index (Phi) is 4.51. The minimum Gasteiger partial charge on any atom is -0.365 e. The van der Waals surface area contributed by atoms with E-state index in [-0.39, 0.29) is 4.90 Å². The third-order valence-electron chi connectivity index (χ3n) is 4.02. The summed E-state index contributed by atoms with van der Waals surface area (Å²) in [7, 11) is -4.18. The topological polar surface area (TPSA) is 63.6 Å². The first-order chi connectivity index (χ1) is 10.4. The van der Waals surface area contributed by atoms with Crippen molar-refractivity contribution in [2.45, 2.75) is 43.0 Å². The molecular formula is C14H16F4O4S. The molecule has 2 rings (SSSR count). The fraction of sp³-hybridized carbons (Fsp3) is 0.571. The number of sulfone groups is 1. The predicted octanol–water partition coefficient (Wildman–Crippen LogP) is 2.39. The van der Waals surface area contributed by atoms with Gasteiger partial charge in [0, 0.05) is 5.92 Å². The average molecular weight is 356 g/mol. The van der Waals surface area contributed by atoms with E-state index in [2.05, 4.69) is 4.74 Å². The molecule has 1 saturated heterocycles. The summed E-state index contributed by atoms with van der Waals surface area (Å²) in [5.41, 5.74) is -3.36. The van der Waals surface area contributed by atoms with E-state index < -0.39 is 45.7 Å². The largest absolute Gasteiger partial charge is 0.427 e. The van der Waals surface area contributed by atoms with Crippen LogP contribution in [-0.4, -0.2) is 43.5 Å². The van der Waals surface area contributed by atoms with Crippen LogP contribution in [0.1, 0.15) is 12.5 Å². The number of benzene rings is 1. The second kappa shape index (κ2) is 5.71. The number of aliphatic hydroxyl groups is 1. The minimum atomic E-state index is -5.45. The van der Waals surface area contributed by atoms with Crippen LogP contribution < -0.4 is 0 Å². The second-order valence-corrected chi connectivity index (χ2v) is 7.69. The SMILES string of the molecule is Cc1ccc(S(=O)(=O)C[C@H]2[C@H](C)O[C@@H](O)[C@@]2(F)C(F)(F)F)cc1. The molecule has 1 fully saturated rings. The van der Waals surface area contributed by atoms with E-state index in [1.165, 1.54) is 24.3 Å². The van der Waals surface area contributed by atoms with Crippen molar-refractivity contribution in [1.29, 1.82) is 0 Å². The van der Waals surface area contributed by atoms with E-state index in [4.69, 9.17) is 0 Å². The van der Waals surface area contributed by atoms with Gasteiger partial charge in [-0.3, -0.25) is 0 Å². The Labute approximate surface area is 131 Å². The summed E-state index contributed by atoms with van der Waals surface area (Å²) < 4.78 is 82.7. The molecule has 0 bridgehead atoms. The highest BCUT2D eigenvalue weighted by Crippen LogP contribution is 2.50. The van der Waals surface area contributed by atoms with Gasteiger partial charge in [-0.05, 0) is 26.0 Å². The number of alkyl halides is 4. The van der Waals surface area contributed by atoms with Gasteiger partial charge in [-0.25, -0.2) is 12.8 Å². The van der Waals surface area contributed by atoms with Crippen molar-refractivity contribution >= 4 is 9.84 Å². The van der Waals surface area contributed by atoms with Crippen molar-refractivity contribution in [2.24, 2.45) is 5.92 Å². The van der Waals surface area contributed by atoms with Crippen LogP contribution in [0.2, 0.25) is 0 Å². The Balaban J connectivity index is 2.38. The van der Waals surface area contributed by atoms with Gasteiger partial charge in [0.1, 0.15) is 0 Å². The highest BCUT2D eigenvalue weighted by Gasteiger charge is 2.71. The smallest absolute Gasteiger partial charge is 0.365 e. The Hall–Kier alpha value is -1.19. The molecule has 4 atom stereocenters. The van der Waals surface area contributed by atoms with E-state index in [1.807, 2.05) is 0 Å². The third-order valence-corrected chi connectivity index (χ3v) is 5.81. The zero-order valence-corrected chi connectivity index (χ0v) is 13.2. The van der Waals surface area contributed by atoms with Gasteiger partial charge in [0.15, 0.2) is 16.1 Å². The number of rotatable bonds is 3. The minimum absolute atomic E-state index is 0.207. The monoisotopic (exact) mass is 356 g/mol. The molecule has 1 aromatic carbocycles. The van der Waals surface area contributed by atoms with E-state index in [0.29, 0.717) is 0 Å². The Morgan fingerprint density at radius 3 is 2.26 bits per heavy atom. The molecule has 0 aromatic heterocycles. The number of aryl methyl sites for hydroxylation is 1. The van der Waals surface area contributed by atoms with Crippen molar-refractivity contribution in [3.63, 3.8) is 0 Å². The third kappa shape index (κ3) is 3.09. The highest BCUT2D eigenvalue weighted by atomic mass is 32.2. The number of ether oxygens (including phenoxy) is 1. The summed E-state index contributed by atoms with van der Waals surface area (Å²) in [4.78, 5) is -0.207. The molecular weight excluding hydrogens is 340 g/mol. The van der Waals surface area contributed by atoms with E-state index in [1.54, 1.807) is 6.92 Å². The number of aliphatic hydroxyl groups excluding tert-OH is 1. The summed E-state index contributed by atoms with van der Waals surface area (Å²) in [6, 6.07) is 5.47. The maximum Gasteiger partial charge on any atom is 0.427 e. The van der Waals surface area contributed by atoms with Gasteiger partial charge in [-0.2, -0.15) is 13.2 Å². The predicted molar refractivity (Wildman–Crippen MR) is 73.2 cm³/mol. The molecule has 1 aromatic rings. The molecule has 1 N–H and O–H groups in total. The lowest BCUT2D eigenvalue weighted by molar-refractivity contribution is -0.286. The quantitative estimate of drug-likeness (QED) is 0.845. The van der Waals surface area contributed by atoms with E-state index in [9.17, 15) is 31.1 Å². The van der Waals surface area contributed by atoms with Gasteiger partial charge < -0.3 is 9.84 Å². The van der Waals surface area contributed by atoms with Crippen LogP contribution in [0.5, 0.6) is 0 Å². The van der Waals surface area contributed by atoms with Gasteiger partial charge in [0.05, 0.1) is 16.8 Å². The molecule has 1 heterocycles. The standard InChI is InChI=1S/C14H16F4O4S/c1-8-3-5-10(6-4-8)23(20,21)7-11-9(2)22-12(19)13(11,15)14(16,17)18/h3-6,9,11-12,19H,7H2,1-2H3/t9-,11-,12+,13+/m0/s1. The number of hydrogen-bond donors (Lipinski definition) is 1. The van der Waals surface area contributed by atoms with Crippen LogP contribution in [0.4, 0.5) is 17.6 Å². The fourth-order valence-electron chi connectivity index (χ4n) is 2.61. The van der Waals surface area contributed by atoms with Crippen LogP contribution in [0.3, 0.4) is 0 Å². The summed E-state index contributed by atoms with van der Waals surface area (Å²) >= 11 is 0. The van der Waals surface area contributed by atoms with Crippen LogP contribution in [0.25, 0.3) is 0 Å². The number of halogens is 4. The molecule has 0 unspecified atom stereocenters. The lowest BCUT2D eigenvalue weighted by atomic mass is 9.88. The Bertz CT molecular complexity index is 671. The zero-order valence-electron chi connectivity index (χ0n) is 12.3. The van der Waals surface area contributed by atoms with Crippen molar-refractivity contribution in [1.82, 2.24) is 0 Å². The second-order valence-electron chi connectivity index (χ2n) is 5.66. The molecule has 0 spiro atoms. The average Bonchev–Trinajstić information content (AvgIpc) is 2.63. The summed E-state index contributed by atoms with van der Waals surface area (Å²) in [5, 5.41) is 9.32. The first kappa shape index (κ1) is 18.2. The van der Waals surface area contributed by atoms with Crippen LogP contribution in [0.15, 0.2) is 29.2 Å². The highest BCUT2D eigenvalue weighted by molar-refractivity contribution is 7.91. The Morgan fingerprint density at radius 1 is 1.26 bits per heavy atom. The van der Waals surface area contributed by atoms with Crippen LogP contribution in [0, 0.1) is 12.8 Å². The summed E-state index contributed by atoms with van der Waals surface area (Å²) in [6.07, 6.45) is -9.61. The fourth-order valence-corrected chi connectivity index (χ4v) is 4.34. The molecule has 0 radical (unpaired) electrons. The van der Waals surface area contributed by atoms with Crippen molar-refractivity contribution in [2.75, 3.05) is 5.75 Å². The first-order valence-corrected chi connectivity index (χ1v) is 8.43. The van der Waals surface area contributed by atoms with Crippen molar-refractivity contribution in [3.05, 3.63) is 29.8 Å². The molecule has 1 aliphatic rings. The molecule has 9 heteroatoms. The summed E-state index contributed by atoms with van der Waals surface area (Å²) in [6.45, 7) is 2.82.